The summed E-state index contributed by atoms with van der Waals surface area (Å²) in [5.74, 6) is 0.631. The van der Waals surface area contributed by atoms with E-state index in [9.17, 15) is 13.2 Å². The number of nitrogens with one attached hydrogen (secondary N) is 1. The zero-order valence-corrected chi connectivity index (χ0v) is 23.7. The van der Waals surface area contributed by atoms with Gasteiger partial charge >= 0.3 is 0 Å². The van der Waals surface area contributed by atoms with Crippen LogP contribution in [0.1, 0.15) is 53.4 Å². The van der Waals surface area contributed by atoms with Gasteiger partial charge in [0.2, 0.25) is 0 Å². The third-order valence-electron chi connectivity index (χ3n) is 8.19. The molecule has 3 aromatic heterocycles. The number of aryl methyl sites for hydroxylation is 1. The fourth-order valence-electron chi connectivity index (χ4n) is 5.77. The summed E-state index contributed by atoms with van der Waals surface area (Å²) in [5, 5.41) is 3.76. The summed E-state index contributed by atoms with van der Waals surface area (Å²) in [4.78, 5) is 30.1. The first-order valence-corrected chi connectivity index (χ1v) is 15.8. The van der Waals surface area contributed by atoms with Crippen LogP contribution in [0.15, 0.2) is 59.6 Å². The smallest absolute Gasteiger partial charge is 0.251 e. The topological polar surface area (TPSA) is 114 Å². The minimum absolute atomic E-state index is 0.0973. The van der Waals surface area contributed by atoms with Gasteiger partial charge in [-0.25, -0.2) is 18.4 Å². The van der Waals surface area contributed by atoms with Crippen molar-refractivity contribution in [3.05, 3.63) is 77.1 Å². The first-order chi connectivity index (χ1) is 19.9. The summed E-state index contributed by atoms with van der Waals surface area (Å²) < 4.78 is 30.6. The number of pyridine rings is 3. The Morgan fingerprint density at radius 3 is 2.68 bits per heavy atom. The Morgan fingerprint density at radius 2 is 1.83 bits per heavy atom. The second kappa shape index (κ2) is 10.2. The second-order valence-corrected chi connectivity index (χ2v) is 13.2. The summed E-state index contributed by atoms with van der Waals surface area (Å²) in [6, 6.07) is 15.9. The van der Waals surface area contributed by atoms with E-state index in [2.05, 4.69) is 34.3 Å². The van der Waals surface area contributed by atoms with Crippen LogP contribution in [0.5, 0.6) is 0 Å². The predicted molar refractivity (Wildman–Crippen MR) is 155 cm³/mol. The molecule has 4 aromatic rings. The molecule has 1 aliphatic carbocycles. The Labute approximate surface area is 238 Å². The highest BCUT2D eigenvalue weighted by atomic mass is 32.2. The third-order valence-corrected chi connectivity index (χ3v) is 9.94. The van der Waals surface area contributed by atoms with E-state index >= 15 is 0 Å². The standard InChI is InChI=1S/C31H31N5O4S/c1-19-2-3-20-6-10-27(35-30(20)36(19)25-8-9-25)26-11-7-22-16-32-24(15-28(22)34-26)17-33-31(37)21-4-5-23-18-40-12-13-41(38,39)29(23)14-21/h4-7,10-11,14-16,19,25H,2-3,8-9,12-13,17-18H2,1H3,(H,33,37). The first-order valence-electron chi connectivity index (χ1n) is 14.1. The largest absolute Gasteiger partial charge is 0.376 e. The summed E-state index contributed by atoms with van der Waals surface area (Å²) in [6.45, 7) is 2.83. The molecule has 0 radical (unpaired) electrons. The molecule has 9 nitrogen and oxygen atoms in total. The van der Waals surface area contributed by atoms with E-state index < -0.39 is 9.84 Å². The van der Waals surface area contributed by atoms with Crippen molar-refractivity contribution in [2.75, 3.05) is 17.3 Å². The van der Waals surface area contributed by atoms with Gasteiger partial charge in [0.1, 0.15) is 5.82 Å². The number of ether oxygens (including phenoxy) is 1. The highest BCUT2D eigenvalue weighted by molar-refractivity contribution is 7.91. The summed E-state index contributed by atoms with van der Waals surface area (Å²) in [5.41, 5.74) is 5.22. The molecule has 2 aliphatic heterocycles. The van der Waals surface area contributed by atoms with Crippen LogP contribution >= 0.6 is 0 Å². The van der Waals surface area contributed by atoms with Gasteiger partial charge in [0, 0.05) is 29.2 Å². The molecule has 1 N–H and O–H groups in total. The average Bonchev–Trinajstić information content (AvgIpc) is 3.83. The highest BCUT2D eigenvalue weighted by Gasteiger charge is 2.36. The molecular formula is C31H31N5O4S. The van der Waals surface area contributed by atoms with Crippen molar-refractivity contribution in [2.45, 2.75) is 62.7 Å². The molecule has 1 fully saturated rings. The van der Waals surface area contributed by atoms with Crippen molar-refractivity contribution < 1.29 is 17.9 Å². The predicted octanol–water partition coefficient (Wildman–Crippen LogP) is 4.23. The molecule has 1 aromatic carbocycles. The van der Waals surface area contributed by atoms with Gasteiger partial charge in [0.25, 0.3) is 5.91 Å². The average molecular weight is 570 g/mol. The van der Waals surface area contributed by atoms with Crippen LogP contribution in [0, 0.1) is 0 Å². The molecule has 1 atom stereocenters. The highest BCUT2D eigenvalue weighted by Crippen LogP contribution is 2.39. The van der Waals surface area contributed by atoms with Crippen molar-refractivity contribution in [1.29, 1.82) is 0 Å². The number of carbonyl (C=O) groups excluding carboxylic acids is 1. The van der Waals surface area contributed by atoms with Gasteiger partial charge in [-0.05, 0) is 80.1 Å². The monoisotopic (exact) mass is 569 g/mol. The van der Waals surface area contributed by atoms with E-state index in [0.717, 1.165) is 41.0 Å². The van der Waals surface area contributed by atoms with Gasteiger partial charge in [-0.2, -0.15) is 0 Å². The van der Waals surface area contributed by atoms with E-state index in [1.807, 2.05) is 18.2 Å². The Hall–Kier alpha value is -3.89. The van der Waals surface area contributed by atoms with E-state index in [-0.39, 0.29) is 41.9 Å². The lowest BCUT2D eigenvalue weighted by atomic mass is 9.99. The van der Waals surface area contributed by atoms with Gasteiger partial charge < -0.3 is 15.0 Å². The minimum atomic E-state index is -3.50. The summed E-state index contributed by atoms with van der Waals surface area (Å²) in [6.07, 6.45) is 6.42. The molecule has 1 amide bonds. The molecular weight excluding hydrogens is 538 g/mol. The molecule has 5 heterocycles. The SMILES string of the molecule is CC1CCc2ccc(-c3ccc4cnc(CNC(=O)c5ccc6c(c5)S(=O)(=O)CCOC6)cc4n3)nc2N1C1CC1. The normalized spacial score (nSPS) is 19.7. The maximum atomic E-state index is 12.9. The van der Waals surface area contributed by atoms with Crippen molar-refractivity contribution in [1.82, 2.24) is 20.3 Å². The molecule has 10 heteroatoms. The third kappa shape index (κ3) is 5.06. The summed E-state index contributed by atoms with van der Waals surface area (Å²) in [7, 11) is -3.50. The van der Waals surface area contributed by atoms with Crippen LogP contribution in [0.25, 0.3) is 22.3 Å². The lowest BCUT2D eigenvalue weighted by Gasteiger charge is -2.36. The number of anilines is 1. The molecule has 0 spiro atoms. The summed E-state index contributed by atoms with van der Waals surface area (Å²) >= 11 is 0. The van der Waals surface area contributed by atoms with Crippen LogP contribution in [-0.4, -0.2) is 53.7 Å². The Morgan fingerprint density at radius 1 is 1.02 bits per heavy atom. The minimum Gasteiger partial charge on any atom is -0.376 e. The second-order valence-electron chi connectivity index (χ2n) is 11.1. The fourth-order valence-corrected chi connectivity index (χ4v) is 7.16. The lowest BCUT2D eigenvalue weighted by molar-refractivity contribution is 0.0950. The van der Waals surface area contributed by atoms with Crippen molar-refractivity contribution in [3.8, 4) is 11.4 Å². The van der Waals surface area contributed by atoms with E-state index in [1.54, 1.807) is 18.3 Å². The molecule has 0 saturated heterocycles. The van der Waals surface area contributed by atoms with Crippen LogP contribution in [0.3, 0.4) is 0 Å². The number of sulfone groups is 1. The number of fused-ring (bicyclic) bond motifs is 3. The molecule has 210 valence electrons. The number of nitrogens with zero attached hydrogens (tertiary/aromatic N) is 4. The number of carbonyl (C=O) groups is 1. The number of benzene rings is 1. The van der Waals surface area contributed by atoms with Gasteiger partial charge in [-0.15, -0.1) is 0 Å². The number of amides is 1. The Bertz CT molecular complexity index is 1790. The van der Waals surface area contributed by atoms with Gasteiger partial charge in [-0.3, -0.25) is 9.78 Å². The number of aromatic nitrogens is 3. The van der Waals surface area contributed by atoms with E-state index in [0.29, 0.717) is 23.3 Å². The van der Waals surface area contributed by atoms with Crippen LogP contribution in [-0.2, 0) is 34.1 Å². The fraction of sp³-hybridized carbons (Fsp3) is 0.355. The molecule has 3 aliphatic rings. The number of hydrogen-bond donors (Lipinski definition) is 1. The van der Waals surface area contributed by atoms with Gasteiger partial charge in [0.15, 0.2) is 9.84 Å². The Kier molecular flexibility index (Phi) is 6.47. The maximum absolute atomic E-state index is 12.9. The number of hydrogen-bond acceptors (Lipinski definition) is 8. The zero-order chi connectivity index (χ0) is 28.1. The van der Waals surface area contributed by atoms with Gasteiger partial charge in [0.05, 0.1) is 53.0 Å². The Balaban J connectivity index is 1.11. The zero-order valence-electron chi connectivity index (χ0n) is 22.8. The molecule has 1 saturated carbocycles. The van der Waals surface area contributed by atoms with Crippen LogP contribution in [0.4, 0.5) is 5.82 Å². The first kappa shape index (κ1) is 26.0. The number of rotatable bonds is 5. The van der Waals surface area contributed by atoms with Crippen LogP contribution < -0.4 is 10.2 Å². The van der Waals surface area contributed by atoms with Crippen molar-refractivity contribution in [3.63, 3.8) is 0 Å². The quantitative estimate of drug-likeness (QED) is 0.380. The van der Waals surface area contributed by atoms with E-state index in [1.165, 1.54) is 24.5 Å². The molecule has 1 unspecified atom stereocenters. The molecule has 41 heavy (non-hydrogen) atoms. The van der Waals surface area contributed by atoms with E-state index in [4.69, 9.17) is 14.7 Å². The lowest BCUT2D eigenvalue weighted by Crippen LogP contribution is -2.39. The maximum Gasteiger partial charge on any atom is 0.251 e. The van der Waals surface area contributed by atoms with Gasteiger partial charge in [-0.1, -0.05) is 12.1 Å². The molecule has 7 rings (SSSR count). The van der Waals surface area contributed by atoms with Crippen LogP contribution in [0.2, 0.25) is 0 Å². The molecule has 0 bridgehead atoms. The van der Waals surface area contributed by atoms with Crippen molar-refractivity contribution >= 4 is 32.5 Å². The van der Waals surface area contributed by atoms with Crippen molar-refractivity contribution in [2.24, 2.45) is 0 Å².